The lowest BCUT2D eigenvalue weighted by Gasteiger charge is -2.33. The summed E-state index contributed by atoms with van der Waals surface area (Å²) in [7, 11) is 0. The van der Waals surface area contributed by atoms with E-state index in [0.29, 0.717) is 17.9 Å². The number of hydrogen-bond donors (Lipinski definition) is 0. The second-order valence-corrected chi connectivity index (χ2v) is 4.74. The standard InChI is InChI=1S/C12H21NO2/c1-2-3-6-15-9-13-10-4-5-11(13)8-12(14)7-10/h10-11H,2-9H2,1H3. The van der Waals surface area contributed by atoms with E-state index in [1.807, 2.05) is 0 Å². The van der Waals surface area contributed by atoms with Crippen molar-refractivity contribution in [1.29, 1.82) is 0 Å². The molecule has 0 amide bonds. The van der Waals surface area contributed by atoms with Gasteiger partial charge in [-0.2, -0.15) is 0 Å². The van der Waals surface area contributed by atoms with Crippen molar-refractivity contribution in [2.24, 2.45) is 0 Å². The van der Waals surface area contributed by atoms with Crippen molar-refractivity contribution in [2.75, 3.05) is 13.3 Å². The molecule has 0 aromatic rings. The van der Waals surface area contributed by atoms with Gasteiger partial charge in [0.1, 0.15) is 5.78 Å². The highest BCUT2D eigenvalue weighted by Crippen LogP contribution is 2.33. The Morgan fingerprint density at radius 3 is 2.60 bits per heavy atom. The summed E-state index contributed by atoms with van der Waals surface area (Å²) in [5.74, 6) is 0.451. The molecule has 2 fully saturated rings. The Morgan fingerprint density at radius 1 is 1.33 bits per heavy atom. The Labute approximate surface area is 91.8 Å². The first-order chi connectivity index (χ1) is 7.31. The number of ketones is 1. The topological polar surface area (TPSA) is 29.5 Å². The maximum absolute atomic E-state index is 11.4. The summed E-state index contributed by atoms with van der Waals surface area (Å²) in [6, 6.07) is 0.968. The van der Waals surface area contributed by atoms with Crippen LogP contribution in [-0.2, 0) is 9.53 Å². The highest BCUT2D eigenvalue weighted by atomic mass is 16.5. The third-order valence-electron chi connectivity index (χ3n) is 3.58. The van der Waals surface area contributed by atoms with E-state index < -0.39 is 0 Å². The smallest absolute Gasteiger partial charge is 0.136 e. The third kappa shape index (κ3) is 2.58. The molecule has 0 aromatic carbocycles. The number of piperidine rings is 1. The van der Waals surface area contributed by atoms with E-state index in [9.17, 15) is 4.79 Å². The van der Waals surface area contributed by atoms with Crippen LogP contribution in [0.1, 0.15) is 45.4 Å². The first-order valence-corrected chi connectivity index (χ1v) is 6.16. The summed E-state index contributed by atoms with van der Waals surface area (Å²) in [6.07, 6.45) is 6.22. The fourth-order valence-electron chi connectivity index (χ4n) is 2.69. The molecular formula is C12H21NO2. The van der Waals surface area contributed by atoms with Gasteiger partial charge in [-0.25, -0.2) is 0 Å². The largest absolute Gasteiger partial charge is 0.366 e. The molecule has 0 aliphatic carbocycles. The van der Waals surface area contributed by atoms with E-state index in [1.165, 1.54) is 19.3 Å². The van der Waals surface area contributed by atoms with Crippen LogP contribution in [0.4, 0.5) is 0 Å². The van der Waals surface area contributed by atoms with Crippen molar-refractivity contribution in [3.63, 3.8) is 0 Å². The molecule has 2 aliphatic heterocycles. The van der Waals surface area contributed by atoms with Crippen molar-refractivity contribution < 1.29 is 9.53 Å². The average molecular weight is 211 g/mol. The maximum Gasteiger partial charge on any atom is 0.136 e. The van der Waals surface area contributed by atoms with Crippen LogP contribution in [0.25, 0.3) is 0 Å². The summed E-state index contributed by atoms with van der Waals surface area (Å²) < 4.78 is 5.64. The lowest BCUT2D eigenvalue weighted by atomic mass is 10.0. The van der Waals surface area contributed by atoms with E-state index in [0.717, 1.165) is 32.6 Å². The van der Waals surface area contributed by atoms with Crippen LogP contribution in [0.3, 0.4) is 0 Å². The highest BCUT2D eigenvalue weighted by Gasteiger charge is 2.39. The highest BCUT2D eigenvalue weighted by molar-refractivity contribution is 5.80. The van der Waals surface area contributed by atoms with Crippen molar-refractivity contribution in [1.82, 2.24) is 4.90 Å². The molecule has 2 saturated heterocycles. The van der Waals surface area contributed by atoms with Gasteiger partial charge in [-0.05, 0) is 19.3 Å². The number of fused-ring (bicyclic) bond motifs is 2. The predicted molar refractivity (Wildman–Crippen MR) is 58.6 cm³/mol. The second-order valence-electron chi connectivity index (χ2n) is 4.74. The van der Waals surface area contributed by atoms with Crippen molar-refractivity contribution in [3.8, 4) is 0 Å². The molecule has 2 unspecified atom stereocenters. The Morgan fingerprint density at radius 2 is 2.00 bits per heavy atom. The molecule has 2 aliphatic rings. The van der Waals surface area contributed by atoms with Gasteiger partial charge >= 0.3 is 0 Å². The Balaban J connectivity index is 1.76. The van der Waals surface area contributed by atoms with E-state index in [4.69, 9.17) is 4.74 Å². The fourth-order valence-corrected chi connectivity index (χ4v) is 2.69. The molecule has 2 atom stereocenters. The van der Waals surface area contributed by atoms with Gasteiger partial charge in [0.05, 0.1) is 6.73 Å². The van der Waals surface area contributed by atoms with Crippen LogP contribution in [0.15, 0.2) is 0 Å². The number of hydrogen-bond acceptors (Lipinski definition) is 3. The number of carbonyl (C=O) groups excluding carboxylic acids is 1. The van der Waals surface area contributed by atoms with Crippen molar-refractivity contribution in [2.45, 2.75) is 57.5 Å². The number of Topliss-reactive ketones (excluding diaryl/α,β-unsaturated/α-hetero) is 1. The molecule has 0 spiro atoms. The lowest BCUT2D eigenvalue weighted by molar-refractivity contribution is -0.125. The maximum atomic E-state index is 11.4. The van der Waals surface area contributed by atoms with E-state index >= 15 is 0 Å². The molecule has 2 heterocycles. The molecule has 15 heavy (non-hydrogen) atoms. The van der Waals surface area contributed by atoms with Gasteiger partial charge in [0.25, 0.3) is 0 Å². The number of nitrogens with zero attached hydrogens (tertiary/aromatic N) is 1. The second kappa shape index (κ2) is 5.08. The van der Waals surface area contributed by atoms with Crippen molar-refractivity contribution in [3.05, 3.63) is 0 Å². The Kier molecular flexibility index (Phi) is 3.76. The van der Waals surface area contributed by atoms with Gasteiger partial charge in [-0.1, -0.05) is 13.3 Å². The van der Waals surface area contributed by atoms with Crippen LogP contribution in [0.2, 0.25) is 0 Å². The molecule has 2 rings (SSSR count). The molecule has 86 valence electrons. The van der Waals surface area contributed by atoms with Crippen LogP contribution in [0.5, 0.6) is 0 Å². The van der Waals surface area contributed by atoms with E-state index in [-0.39, 0.29) is 0 Å². The number of rotatable bonds is 5. The molecule has 0 N–H and O–H groups in total. The predicted octanol–water partition coefficient (Wildman–Crippen LogP) is 1.96. The average Bonchev–Trinajstić information content (AvgIpc) is 2.46. The van der Waals surface area contributed by atoms with Gasteiger partial charge in [-0.3, -0.25) is 9.69 Å². The van der Waals surface area contributed by atoms with Gasteiger partial charge < -0.3 is 4.74 Å². The first-order valence-electron chi connectivity index (χ1n) is 6.16. The van der Waals surface area contributed by atoms with E-state index in [1.54, 1.807) is 0 Å². The first kappa shape index (κ1) is 11.1. The summed E-state index contributed by atoms with van der Waals surface area (Å²) in [6.45, 7) is 3.77. The zero-order valence-corrected chi connectivity index (χ0v) is 9.58. The monoisotopic (exact) mass is 211 g/mol. The van der Waals surface area contributed by atoms with Crippen LogP contribution < -0.4 is 0 Å². The summed E-state index contributed by atoms with van der Waals surface area (Å²) in [5.41, 5.74) is 0. The zero-order chi connectivity index (χ0) is 10.7. The summed E-state index contributed by atoms with van der Waals surface area (Å²) >= 11 is 0. The van der Waals surface area contributed by atoms with Crippen LogP contribution in [-0.4, -0.2) is 36.1 Å². The SMILES string of the molecule is CCCCOCN1C2CCC1CC(=O)C2. The third-order valence-corrected chi connectivity index (χ3v) is 3.58. The van der Waals surface area contributed by atoms with Crippen LogP contribution in [0, 0.1) is 0 Å². The normalized spacial score (nSPS) is 31.1. The number of carbonyl (C=O) groups is 1. The zero-order valence-electron chi connectivity index (χ0n) is 9.58. The van der Waals surface area contributed by atoms with Gasteiger partial charge in [0, 0.05) is 31.5 Å². The Hall–Kier alpha value is -0.410. The molecule has 0 aromatic heterocycles. The lowest BCUT2D eigenvalue weighted by Crippen LogP contribution is -2.44. The van der Waals surface area contributed by atoms with Crippen LogP contribution >= 0.6 is 0 Å². The van der Waals surface area contributed by atoms with Crippen molar-refractivity contribution >= 4 is 5.78 Å². The minimum absolute atomic E-state index is 0.451. The minimum atomic E-state index is 0.451. The Bertz CT molecular complexity index is 214. The molecule has 0 radical (unpaired) electrons. The van der Waals surface area contributed by atoms with E-state index in [2.05, 4.69) is 11.8 Å². The summed E-state index contributed by atoms with van der Waals surface area (Å²) in [5, 5.41) is 0. The molecule has 2 bridgehead atoms. The quantitative estimate of drug-likeness (QED) is 0.651. The van der Waals surface area contributed by atoms with Gasteiger partial charge in [-0.15, -0.1) is 0 Å². The number of ether oxygens (including phenoxy) is 1. The molecule has 3 nitrogen and oxygen atoms in total. The number of unbranched alkanes of at least 4 members (excludes halogenated alkanes) is 1. The molecule has 3 heteroatoms. The molecular weight excluding hydrogens is 190 g/mol. The molecule has 0 saturated carbocycles. The minimum Gasteiger partial charge on any atom is -0.366 e. The van der Waals surface area contributed by atoms with Gasteiger partial charge in [0.2, 0.25) is 0 Å². The summed E-state index contributed by atoms with van der Waals surface area (Å²) in [4.78, 5) is 13.8. The van der Waals surface area contributed by atoms with Gasteiger partial charge in [0.15, 0.2) is 0 Å². The fraction of sp³-hybridized carbons (Fsp3) is 0.917.